The molecule has 5 rings (SSSR count). The lowest BCUT2D eigenvalue weighted by Crippen LogP contribution is -2.39. The summed E-state index contributed by atoms with van der Waals surface area (Å²) in [6.45, 7) is 1.41. The SMILES string of the molecule is c1ccc2c(c1)nnn2-c1ccnc(NC2CCC3(CC2)OCCO3)n1. The van der Waals surface area contributed by atoms with Gasteiger partial charge in [-0.05, 0) is 25.0 Å². The topological polar surface area (TPSA) is 87.0 Å². The maximum atomic E-state index is 5.79. The van der Waals surface area contributed by atoms with Crippen LogP contribution in [0.2, 0.25) is 0 Å². The van der Waals surface area contributed by atoms with Gasteiger partial charge in [0, 0.05) is 31.1 Å². The molecule has 134 valence electrons. The van der Waals surface area contributed by atoms with Crippen LogP contribution in [0.3, 0.4) is 0 Å². The zero-order valence-corrected chi connectivity index (χ0v) is 14.3. The van der Waals surface area contributed by atoms with Crippen molar-refractivity contribution in [2.75, 3.05) is 18.5 Å². The number of hydrogen-bond donors (Lipinski definition) is 1. The summed E-state index contributed by atoms with van der Waals surface area (Å²) in [6, 6.07) is 9.98. The second-order valence-corrected chi connectivity index (χ2v) is 6.75. The number of nitrogens with zero attached hydrogens (tertiary/aromatic N) is 5. The molecule has 0 amide bonds. The van der Waals surface area contributed by atoms with Gasteiger partial charge >= 0.3 is 0 Å². The van der Waals surface area contributed by atoms with Gasteiger partial charge in [0.25, 0.3) is 0 Å². The number of fused-ring (bicyclic) bond motifs is 1. The fraction of sp³-hybridized carbons (Fsp3) is 0.444. The van der Waals surface area contributed by atoms with Crippen LogP contribution < -0.4 is 5.32 Å². The predicted octanol–water partition coefficient (Wildman–Crippen LogP) is 2.31. The van der Waals surface area contributed by atoms with Gasteiger partial charge in [-0.1, -0.05) is 17.3 Å². The molecule has 1 N–H and O–H groups in total. The molecule has 1 saturated heterocycles. The minimum atomic E-state index is -0.347. The maximum absolute atomic E-state index is 5.79. The van der Waals surface area contributed by atoms with Crippen molar-refractivity contribution in [3.63, 3.8) is 0 Å². The van der Waals surface area contributed by atoms with Gasteiger partial charge in [0.2, 0.25) is 5.95 Å². The molecule has 0 atom stereocenters. The number of aromatic nitrogens is 5. The molecule has 0 unspecified atom stereocenters. The predicted molar refractivity (Wildman–Crippen MR) is 95.0 cm³/mol. The molecule has 1 aliphatic carbocycles. The van der Waals surface area contributed by atoms with Crippen LogP contribution in [-0.4, -0.2) is 50.0 Å². The van der Waals surface area contributed by atoms with Crippen molar-refractivity contribution in [2.45, 2.75) is 37.5 Å². The van der Waals surface area contributed by atoms with E-state index in [0.717, 1.165) is 36.7 Å². The summed E-state index contributed by atoms with van der Waals surface area (Å²) in [4.78, 5) is 8.99. The molecule has 0 radical (unpaired) electrons. The quantitative estimate of drug-likeness (QED) is 0.774. The highest BCUT2D eigenvalue weighted by Crippen LogP contribution is 2.36. The van der Waals surface area contributed by atoms with Gasteiger partial charge in [0.05, 0.1) is 18.7 Å². The van der Waals surface area contributed by atoms with Crippen LogP contribution in [0, 0.1) is 0 Å². The average Bonchev–Trinajstić information content (AvgIpc) is 3.32. The molecule has 2 aromatic heterocycles. The number of nitrogens with one attached hydrogen (secondary N) is 1. The van der Waals surface area contributed by atoms with Crippen molar-refractivity contribution in [1.82, 2.24) is 25.0 Å². The number of hydrogen-bond acceptors (Lipinski definition) is 7. The van der Waals surface area contributed by atoms with Crippen molar-refractivity contribution in [3.05, 3.63) is 36.5 Å². The van der Waals surface area contributed by atoms with E-state index >= 15 is 0 Å². The lowest BCUT2D eigenvalue weighted by atomic mass is 9.90. The van der Waals surface area contributed by atoms with Crippen LogP contribution in [-0.2, 0) is 9.47 Å². The highest BCUT2D eigenvalue weighted by Gasteiger charge is 2.40. The summed E-state index contributed by atoms with van der Waals surface area (Å²) >= 11 is 0. The fourth-order valence-electron chi connectivity index (χ4n) is 3.75. The molecule has 3 aromatic rings. The Hall–Kier alpha value is -2.58. The standard InChI is InChI=1S/C18H20N6O2/c1-2-4-15-14(3-1)22-23-24(15)16-7-10-19-17(21-16)20-13-5-8-18(9-6-13)25-11-12-26-18/h1-4,7,10,13H,5-6,8-9,11-12H2,(H,19,20,21). The lowest BCUT2D eigenvalue weighted by Gasteiger charge is -2.35. The third kappa shape index (κ3) is 2.81. The summed E-state index contributed by atoms with van der Waals surface area (Å²) in [7, 11) is 0. The Morgan fingerprint density at radius 3 is 2.73 bits per heavy atom. The first-order valence-electron chi connectivity index (χ1n) is 9.00. The summed E-state index contributed by atoms with van der Waals surface area (Å²) in [5, 5.41) is 11.8. The Kier molecular flexibility index (Phi) is 3.79. The normalized spacial score (nSPS) is 20.0. The molecule has 1 saturated carbocycles. The molecule has 1 aliphatic heterocycles. The molecule has 8 heteroatoms. The Morgan fingerprint density at radius 2 is 1.88 bits per heavy atom. The van der Waals surface area contributed by atoms with Gasteiger partial charge in [-0.25, -0.2) is 4.98 Å². The Balaban J connectivity index is 1.33. The molecule has 1 spiro atoms. The van der Waals surface area contributed by atoms with Gasteiger partial charge in [-0.2, -0.15) is 9.67 Å². The summed E-state index contributed by atoms with van der Waals surface area (Å²) in [5.41, 5.74) is 1.77. The van der Waals surface area contributed by atoms with Crippen LogP contribution in [0.4, 0.5) is 5.95 Å². The summed E-state index contributed by atoms with van der Waals surface area (Å²) in [5.74, 6) is 0.961. The largest absolute Gasteiger partial charge is 0.351 e. The zero-order chi connectivity index (χ0) is 17.4. The molecule has 2 aliphatic rings. The van der Waals surface area contributed by atoms with Gasteiger partial charge in [-0.15, -0.1) is 5.10 Å². The van der Waals surface area contributed by atoms with E-state index in [2.05, 4.69) is 25.6 Å². The maximum Gasteiger partial charge on any atom is 0.224 e. The van der Waals surface area contributed by atoms with Crippen LogP contribution in [0.1, 0.15) is 25.7 Å². The second-order valence-electron chi connectivity index (χ2n) is 6.75. The number of anilines is 1. The van der Waals surface area contributed by atoms with Crippen LogP contribution in [0.5, 0.6) is 0 Å². The van der Waals surface area contributed by atoms with E-state index in [1.165, 1.54) is 0 Å². The minimum Gasteiger partial charge on any atom is -0.351 e. The fourth-order valence-corrected chi connectivity index (χ4v) is 3.75. The number of benzene rings is 1. The molecule has 8 nitrogen and oxygen atoms in total. The van der Waals surface area contributed by atoms with Gasteiger partial charge in [0.1, 0.15) is 5.52 Å². The van der Waals surface area contributed by atoms with E-state index in [1.54, 1.807) is 10.9 Å². The summed E-state index contributed by atoms with van der Waals surface area (Å²) < 4.78 is 13.3. The van der Waals surface area contributed by atoms with E-state index in [1.807, 2.05) is 30.3 Å². The molecule has 3 heterocycles. The highest BCUT2D eigenvalue weighted by atomic mass is 16.7. The van der Waals surface area contributed by atoms with E-state index in [9.17, 15) is 0 Å². The van der Waals surface area contributed by atoms with E-state index in [0.29, 0.717) is 31.0 Å². The van der Waals surface area contributed by atoms with E-state index < -0.39 is 0 Å². The van der Waals surface area contributed by atoms with Crippen molar-refractivity contribution in [3.8, 4) is 5.82 Å². The Labute approximate surface area is 150 Å². The van der Waals surface area contributed by atoms with Gasteiger partial charge in [0.15, 0.2) is 11.6 Å². The first-order chi connectivity index (χ1) is 12.8. The smallest absolute Gasteiger partial charge is 0.224 e. The van der Waals surface area contributed by atoms with Crippen LogP contribution >= 0.6 is 0 Å². The van der Waals surface area contributed by atoms with Crippen molar-refractivity contribution >= 4 is 17.0 Å². The first-order valence-corrected chi connectivity index (χ1v) is 9.00. The minimum absolute atomic E-state index is 0.316. The summed E-state index contributed by atoms with van der Waals surface area (Å²) in [6.07, 6.45) is 5.49. The van der Waals surface area contributed by atoms with Crippen LogP contribution in [0.15, 0.2) is 36.5 Å². The number of para-hydroxylation sites is 1. The molecule has 26 heavy (non-hydrogen) atoms. The highest BCUT2D eigenvalue weighted by molar-refractivity contribution is 5.75. The third-order valence-corrected chi connectivity index (χ3v) is 5.10. The second kappa shape index (κ2) is 6.30. The molecular formula is C18H20N6O2. The number of rotatable bonds is 3. The van der Waals surface area contributed by atoms with Gasteiger partial charge < -0.3 is 14.8 Å². The number of ether oxygens (including phenoxy) is 2. The Bertz CT molecular complexity index is 911. The molecule has 0 bridgehead atoms. The van der Waals surface area contributed by atoms with Crippen molar-refractivity contribution < 1.29 is 9.47 Å². The molecule has 1 aromatic carbocycles. The van der Waals surface area contributed by atoms with E-state index in [-0.39, 0.29) is 5.79 Å². The lowest BCUT2D eigenvalue weighted by molar-refractivity contribution is -0.177. The Morgan fingerprint density at radius 1 is 1.08 bits per heavy atom. The zero-order valence-electron chi connectivity index (χ0n) is 14.3. The van der Waals surface area contributed by atoms with Crippen molar-refractivity contribution in [1.29, 1.82) is 0 Å². The van der Waals surface area contributed by atoms with Crippen molar-refractivity contribution in [2.24, 2.45) is 0 Å². The van der Waals surface area contributed by atoms with Crippen LogP contribution in [0.25, 0.3) is 16.9 Å². The molecular weight excluding hydrogens is 332 g/mol. The first kappa shape index (κ1) is 15.7. The van der Waals surface area contributed by atoms with Gasteiger partial charge in [-0.3, -0.25) is 0 Å². The monoisotopic (exact) mass is 352 g/mol. The average molecular weight is 352 g/mol. The molecule has 2 fully saturated rings. The third-order valence-electron chi connectivity index (χ3n) is 5.10. The van der Waals surface area contributed by atoms with E-state index in [4.69, 9.17) is 9.47 Å².